The van der Waals surface area contributed by atoms with Crippen LogP contribution in [-0.4, -0.2) is 17.6 Å². The average molecular weight is 218 g/mol. The summed E-state index contributed by atoms with van der Waals surface area (Å²) in [5, 5.41) is 3.64. The van der Waals surface area contributed by atoms with Crippen LogP contribution >= 0.6 is 0 Å². The molecule has 2 rings (SSSR count). The van der Waals surface area contributed by atoms with Crippen LogP contribution < -0.4 is 5.32 Å². The second-order valence-electron chi connectivity index (χ2n) is 5.52. The maximum atomic E-state index is 4.55. The van der Waals surface area contributed by atoms with Crippen LogP contribution in [0.3, 0.4) is 0 Å². The van der Waals surface area contributed by atoms with Crippen LogP contribution in [0.5, 0.6) is 0 Å². The van der Waals surface area contributed by atoms with Crippen molar-refractivity contribution >= 4 is 0 Å². The van der Waals surface area contributed by atoms with E-state index in [0.717, 1.165) is 12.5 Å². The van der Waals surface area contributed by atoms with E-state index in [1.165, 1.54) is 18.5 Å². The van der Waals surface area contributed by atoms with Crippen molar-refractivity contribution in [2.45, 2.75) is 45.1 Å². The smallest absolute Gasteiger partial charge is 0.0478 e. The van der Waals surface area contributed by atoms with Crippen molar-refractivity contribution in [3.63, 3.8) is 0 Å². The fraction of sp³-hybridized carbons (Fsp3) is 0.643. The summed E-state index contributed by atoms with van der Waals surface area (Å²) in [5.74, 6) is 0.735. The highest BCUT2D eigenvalue weighted by atomic mass is 15.0. The molecule has 1 N–H and O–H groups in total. The molecule has 1 aliphatic rings. The first-order valence-corrected chi connectivity index (χ1v) is 6.28. The Bertz CT molecular complexity index is 334. The molecule has 16 heavy (non-hydrogen) atoms. The molecule has 0 radical (unpaired) electrons. The van der Waals surface area contributed by atoms with Gasteiger partial charge in [0.1, 0.15) is 0 Å². The molecular formula is C14H22N2. The van der Waals surface area contributed by atoms with Crippen molar-refractivity contribution in [3.05, 3.63) is 30.1 Å². The predicted molar refractivity (Wildman–Crippen MR) is 67.5 cm³/mol. The maximum absolute atomic E-state index is 4.55. The summed E-state index contributed by atoms with van der Waals surface area (Å²) in [6.07, 6.45) is 4.33. The van der Waals surface area contributed by atoms with Crippen LogP contribution in [0.1, 0.15) is 39.3 Å². The fourth-order valence-corrected chi connectivity index (χ4v) is 2.73. The van der Waals surface area contributed by atoms with Crippen molar-refractivity contribution in [2.24, 2.45) is 5.92 Å². The highest BCUT2D eigenvalue weighted by Gasteiger charge is 2.40. The Hall–Kier alpha value is -0.890. The quantitative estimate of drug-likeness (QED) is 0.844. The SMILES string of the molecule is CC(C)CC1NCCC1(C)c1ccccn1. The van der Waals surface area contributed by atoms with E-state index in [1.54, 1.807) is 0 Å². The normalized spacial score (nSPS) is 29.9. The lowest BCUT2D eigenvalue weighted by Crippen LogP contribution is -2.39. The van der Waals surface area contributed by atoms with Crippen molar-refractivity contribution in [3.8, 4) is 0 Å². The lowest BCUT2D eigenvalue weighted by atomic mass is 9.76. The van der Waals surface area contributed by atoms with Gasteiger partial charge in [0, 0.05) is 23.3 Å². The first-order chi connectivity index (χ1) is 7.63. The van der Waals surface area contributed by atoms with Crippen LogP contribution in [-0.2, 0) is 5.41 Å². The van der Waals surface area contributed by atoms with Crippen LogP contribution in [0.2, 0.25) is 0 Å². The van der Waals surface area contributed by atoms with E-state index in [-0.39, 0.29) is 5.41 Å². The van der Waals surface area contributed by atoms with Gasteiger partial charge in [-0.05, 0) is 37.4 Å². The molecule has 1 fully saturated rings. The molecule has 1 aromatic rings. The molecule has 0 aromatic carbocycles. The minimum atomic E-state index is 0.214. The third-order valence-electron chi connectivity index (χ3n) is 3.76. The van der Waals surface area contributed by atoms with E-state index >= 15 is 0 Å². The zero-order valence-electron chi connectivity index (χ0n) is 10.5. The van der Waals surface area contributed by atoms with Gasteiger partial charge < -0.3 is 5.32 Å². The van der Waals surface area contributed by atoms with Gasteiger partial charge in [-0.25, -0.2) is 0 Å². The number of rotatable bonds is 3. The first kappa shape index (κ1) is 11.6. The Morgan fingerprint density at radius 1 is 1.50 bits per heavy atom. The average Bonchev–Trinajstić information content (AvgIpc) is 2.62. The monoisotopic (exact) mass is 218 g/mol. The Morgan fingerprint density at radius 2 is 2.31 bits per heavy atom. The molecule has 2 nitrogen and oxygen atoms in total. The standard InChI is InChI=1S/C14H22N2/c1-11(2)10-13-14(3,7-9-16-13)12-6-4-5-8-15-12/h4-6,8,11,13,16H,7,9-10H2,1-3H3. The van der Waals surface area contributed by atoms with Crippen LogP contribution in [0, 0.1) is 5.92 Å². The third-order valence-corrected chi connectivity index (χ3v) is 3.76. The van der Waals surface area contributed by atoms with E-state index in [0.29, 0.717) is 6.04 Å². The fourth-order valence-electron chi connectivity index (χ4n) is 2.73. The minimum Gasteiger partial charge on any atom is -0.313 e. The molecule has 2 atom stereocenters. The summed E-state index contributed by atoms with van der Waals surface area (Å²) in [6, 6.07) is 6.83. The van der Waals surface area contributed by atoms with Gasteiger partial charge in [0.2, 0.25) is 0 Å². The number of hydrogen-bond acceptors (Lipinski definition) is 2. The Morgan fingerprint density at radius 3 is 2.94 bits per heavy atom. The summed E-state index contributed by atoms with van der Waals surface area (Å²) in [6.45, 7) is 8.05. The lowest BCUT2D eigenvalue weighted by molar-refractivity contribution is 0.338. The summed E-state index contributed by atoms with van der Waals surface area (Å²) in [4.78, 5) is 4.55. The van der Waals surface area contributed by atoms with Gasteiger partial charge in [0.25, 0.3) is 0 Å². The van der Waals surface area contributed by atoms with E-state index < -0.39 is 0 Å². The molecule has 0 amide bonds. The van der Waals surface area contributed by atoms with Gasteiger partial charge in [0.05, 0.1) is 0 Å². The van der Waals surface area contributed by atoms with Crippen LogP contribution in [0.25, 0.3) is 0 Å². The summed E-state index contributed by atoms with van der Waals surface area (Å²) < 4.78 is 0. The van der Waals surface area contributed by atoms with Crippen molar-refractivity contribution < 1.29 is 0 Å². The molecule has 1 saturated heterocycles. The molecule has 2 unspecified atom stereocenters. The number of nitrogens with zero attached hydrogens (tertiary/aromatic N) is 1. The van der Waals surface area contributed by atoms with Crippen LogP contribution in [0.4, 0.5) is 0 Å². The lowest BCUT2D eigenvalue weighted by Gasteiger charge is -2.31. The second kappa shape index (κ2) is 4.54. The van der Waals surface area contributed by atoms with Gasteiger partial charge in [0.15, 0.2) is 0 Å². The summed E-state index contributed by atoms with van der Waals surface area (Å²) in [7, 11) is 0. The molecule has 0 aliphatic carbocycles. The second-order valence-corrected chi connectivity index (χ2v) is 5.52. The largest absolute Gasteiger partial charge is 0.313 e. The number of nitrogens with one attached hydrogen (secondary N) is 1. The molecule has 2 heteroatoms. The number of pyridine rings is 1. The molecule has 0 spiro atoms. The van der Waals surface area contributed by atoms with Crippen LogP contribution in [0.15, 0.2) is 24.4 Å². The number of aromatic nitrogens is 1. The molecule has 0 saturated carbocycles. The van der Waals surface area contributed by atoms with E-state index in [2.05, 4.69) is 43.2 Å². The van der Waals surface area contributed by atoms with E-state index in [1.807, 2.05) is 12.3 Å². The topological polar surface area (TPSA) is 24.9 Å². The zero-order chi connectivity index (χ0) is 11.6. The van der Waals surface area contributed by atoms with Gasteiger partial charge in [-0.2, -0.15) is 0 Å². The summed E-state index contributed by atoms with van der Waals surface area (Å²) >= 11 is 0. The Labute approximate surface area is 98.5 Å². The summed E-state index contributed by atoms with van der Waals surface area (Å²) in [5.41, 5.74) is 1.46. The molecule has 0 bridgehead atoms. The highest BCUT2D eigenvalue weighted by molar-refractivity contribution is 5.21. The van der Waals surface area contributed by atoms with Gasteiger partial charge >= 0.3 is 0 Å². The molecule has 1 aliphatic heterocycles. The van der Waals surface area contributed by atoms with Gasteiger partial charge in [-0.1, -0.05) is 26.8 Å². The third kappa shape index (κ3) is 2.12. The van der Waals surface area contributed by atoms with Gasteiger partial charge in [-0.15, -0.1) is 0 Å². The van der Waals surface area contributed by atoms with Crippen molar-refractivity contribution in [1.29, 1.82) is 0 Å². The zero-order valence-corrected chi connectivity index (χ0v) is 10.5. The number of hydrogen-bond donors (Lipinski definition) is 1. The van der Waals surface area contributed by atoms with E-state index in [4.69, 9.17) is 0 Å². The maximum Gasteiger partial charge on any atom is 0.0478 e. The van der Waals surface area contributed by atoms with E-state index in [9.17, 15) is 0 Å². The first-order valence-electron chi connectivity index (χ1n) is 6.28. The molecule has 2 heterocycles. The Balaban J connectivity index is 2.23. The van der Waals surface area contributed by atoms with Gasteiger partial charge in [-0.3, -0.25) is 4.98 Å². The molecule has 1 aromatic heterocycles. The minimum absolute atomic E-state index is 0.214. The van der Waals surface area contributed by atoms with Crippen molar-refractivity contribution in [2.75, 3.05) is 6.54 Å². The highest BCUT2D eigenvalue weighted by Crippen LogP contribution is 2.36. The van der Waals surface area contributed by atoms with Crippen molar-refractivity contribution in [1.82, 2.24) is 10.3 Å². The molecule has 88 valence electrons. The molecular weight excluding hydrogens is 196 g/mol. The Kier molecular flexibility index (Phi) is 3.29. The predicted octanol–water partition coefficient (Wildman–Crippen LogP) is 2.75.